The average molecular weight is 310 g/mol. The smallest absolute Gasteiger partial charge is 0.267 e. The van der Waals surface area contributed by atoms with Crippen LogP contribution in [0.15, 0.2) is 41.6 Å². The summed E-state index contributed by atoms with van der Waals surface area (Å²) in [5.41, 5.74) is -0.0340. The van der Waals surface area contributed by atoms with Gasteiger partial charge < -0.3 is 5.32 Å². The number of halogens is 1. The number of nitrogens with zero attached hydrogens (tertiary/aromatic N) is 3. The fourth-order valence-electron chi connectivity index (χ4n) is 1.69. The minimum atomic E-state index is -3.91. The summed E-state index contributed by atoms with van der Waals surface area (Å²) in [7, 11) is -2.62. The monoisotopic (exact) mass is 310 g/mol. The highest BCUT2D eigenvalue weighted by Crippen LogP contribution is 2.23. The molecule has 0 spiro atoms. The number of anilines is 2. The molecule has 2 rings (SSSR count). The van der Waals surface area contributed by atoms with E-state index in [-0.39, 0.29) is 10.6 Å². The van der Waals surface area contributed by atoms with Gasteiger partial charge in [-0.1, -0.05) is 12.1 Å². The highest BCUT2D eigenvalue weighted by Gasteiger charge is 2.24. The molecule has 0 unspecified atom stereocenters. The predicted molar refractivity (Wildman–Crippen MR) is 78.2 cm³/mol. The van der Waals surface area contributed by atoms with Crippen molar-refractivity contribution >= 4 is 21.7 Å². The first-order valence-corrected chi connectivity index (χ1v) is 7.70. The Morgan fingerprint density at radius 3 is 2.43 bits per heavy atom. The Balaban J connectivity index is 2.35. The molecular formula is C13H15FN4O2S. The molecule has 0 amide bonds. The van der Waals surface area contributed by atoms with Crippen molar-refractivity contribution in [3.8, 4) is 0 Å². The van der Waals surface area contributed by atoms with Crippen molar-refractivity contribution < 1.29 is 12.8 Å². The lowest BCUT2D eigenvalue weighted by atomic mass is 10.3. The van der Waals surface area contributed by atoms with Crippen LogP contribution in [-0.4, -0.2) is 32.0 Å². The predicted octanol–water partition coefficient (Wildman–Crippen LogP) is 1.87. The fraction of sp³-hybridized carbons (Fsp3) is 0.231. The summed E-state index contributed by atoms with van der Waals surface area (Å²) in [6.45, 7) is 2.50. The van der Waals surface area contributed by atoms with Gasteiger partial charge in [-0.05, 0) is 19.1 Å². The summed E-state index contributed by atoms with van der Waals surface area (Å²) in [5, 5.41) is 2.87. The molecule has 0 saturated heterocycles. The van der Waals surface area contributed by atoms with E-state index in [2.05, 4.69) is 15.3 Å². The molecule has 0 aliphatic rings. The molecule has 112 valence electrons. The van der Waals surface area contributed by atoms with Crippen molar-refractivity contribution in [2.75, 3.05) is 23.2 Å². The van der Waals surface area contributed by atoms with Gasteiger partial charge in [0.05, 0.1) is 18.1 Å². The maximum Gasteiger partial charge on any atom is 0.267 e. The molecule has 8 heteroatoms. The van der Waals surface area contributed by atoms with Gasteiger partial charge in [-0.3, -0.25) is 4.31 Å². The third-order valence-electron chi connectivity index (χ3n) is 2.81. The van der Waals surface area contributed by atoms with Crippen LogP contribution in [0.25, 0.3) is 0 Å². The van der Waals surface area contributed by atoms with Gasteiger partial charge >= 0.3 is 0 Å². The highest BCUT2D eigenvalue weighted by atomic mass is 32.2. The SMILES string of the molecule is CCNc1ncc(S(=O)(=O)N(C)c2ccccc2F)cn1. The Morgan fingerprint density at radius 2 is 1.86 bits per heavy atom. The van der Waals surface area contributed by atoms with Crippen molar-refractivity contribution in [2.45, 2.75) is 11.8 Å². The van der Waals surface area contributed by atoms with Crippen molar-refractivity contribution in [1.29, 1.82) is 0 Å². The van der Waals surface area contributed by atoms with Crippen LogP contribution in [0.4, 0.5) is 16.0 Å². The standard InChI is InChI=1S/C13H15FN4O2S/c1-3-15-13-16-8-10(9-17-13)21(19,20)18(2)12-7-5-4-6-11(12)14/h4-9H,3H2,1-2H3,(H,15,16,17). The molecule has 0 aliphatic carbocycles. The summed E-state index contributed by atoms with van der Waals surface area (Å²) >= 11 is 0. The Kier molecular flexibility index (Phi) is 4.37. The summed E-state index contributed by atoms with van der Waals surface area (Å²) < 4.78 is 39.4. The number of rotatable bonds is 5. The number of hydrogen-bond donors (Lipinski definition) is 1. The van der Waals surface area contributed by atoms with E-state index in [1.54, 1.807) is 6.07 Å². The van der Waals surface area contributed by atoms with Gasteiger partial charge in [-0.15, -0.1) is 0 Å². The molecule has 21 heavy (non-hydrogen) atoms. The van der Waals surface area contributed by atoms with Gasteiger partial charge in [0.15, 0.2) is 0 Å². The number of benzene rings is 1. The van der Waals surface area contributed by atoms with E-state index in [9.17, 15) is 12.8 Å². The van der Waals surface area contributed by atoms with E-state index in [4.69, 9.17) is 0 Å². The Hall–Kier alpha value is -2.22. The number of sulfonamides is 1. The largest absolute Gasteiger partial charge is 0.355 e. The first-order chi connectivity index (χ1) is 9.96. The van der Waals surface area contributed by atoms with Crippen LogP contribution >= 0.6 is 0 Å². The normalized spacial score (nSPS) is 11.2. The molecule has 1 aromatic carbocycles. The number of hydrogen-bond acceptors (Lipinski definition) is 5. The van der Waals surface area contributed by atoms with Gasteiger partial charge in [0, 0.05) is 13.6 Å². The van der Waals surface area contributed by atoms with Gasteiger partial charge in [0.2, 0.25) is 5.95 Å². The second-order valence-electron chi connectivity index (χ2n) is 4.20. The third-order valence-corrected chi connectivity index (χ3v) is 4.54. The molecule has 0 saturated carbocycles. The van der Waals surface area contributed by atoms with Gasteiger partial charge in [0.25, 0.3) is 10.0 Å². The van der Waals surface area contributed by atoms with Crippen LogP contribution in [0, 0.1) is 5.82 Å². The molecule has 1 N–H and O–H groups in total. The summed E-state index contributed by atoms with van der Waals surface area (Å²) in [4.78, 5) is 7.72. The third kappa shape index (κ3) is 3.10. The van der Waals surface area contributed by atoms with Crippen LogP contribution in [0.3, 0.4) is 0 Å². The van der Waals surface area contributed by atoms with Crippen LogP contribution in [0.5, 0.6) is 0 Å². The quantitative estimate of drug-likeness (QED) is 0.912. The van der Waals surface area contributed by atoms with Gasteiger partial charge in [0.1, 0.15) is 10.7 Å². The van der Waals surface area contributed by atoms with Crippen LogP contribution in [0.1, 0.15) is 6.92 Å². The first kappa shape index (κ1) is 15.2. The molecule has 0 atom stereocenters. The van der Waals surface area contributed by atoms with Crippen molar-refractivity contribution in [2.24, 2.45) is 0 Å². The lowest BCUT2D eigenvalue weighted by Gasteiger charge is -2.19. The van der Waals surface area contributed by atoms with Crippen LogP contribution < -0.4 is 9.62 Å². The number of nitrogens with one attached hydrogen (secondary N) is 1. The topological polar surface area (TPSA) is 75.2 Å². The molecule has 6 nitrogen and oxygen atoms in total. The van der Waals surface area contributed by atoms with Gasteiger partial charge in [-0.25, -0.2) is 22.8 Å². The van der Waals surface area contributed by atoms with E-state index in [1.807, 2.05) is 6.92 Å². The van der Waals surface area contributed by atoms with Crippen LogP contribution in [-0.2, 0) is 10.0 Å². The zero-order valence-corrected chi connectivity index (χ0v) is 12.4. The lowest BCUT2D eigenvalue weighted by molar-refractivity contribution is 0.589. The van der Waals surface area contributed by atoms with Crippen LogP contribution in [0.2, 0.25) is 0 Å². The van der Waals surface area contributed by atoms with E-state index in [0.717, 1.165) is 4.31 Å². The second-order valence-corrected chi connectivity index (χ2v) is 6.17. The summed E-state index contributed by atoms with van der Waals surface area (Å²) in [5.74, 6) is -0.279. The van der Waals surface area contributed by atoms with E-state index >= 15 is 0 Å². The maximum absolute atomic E-state index is 13.7. The Labute approximate surface area is 122 Å². The van der Waals surface area contributed by atoms with Crippen molar-refractivity contribution in [3.05, 3.63) is 42.5 Å². The van der Waals surface area contributed by atoms with Crippen molar-refractivity contribution in [1.82, 2.24) is 9.97 Å². The Bertz CT molecular complexity index is 719. The summed E-state index contributed by atoms with van der Waals surface area (Å²) in [6.07, 6.45) is 2.38. The minimum Gasteiger partial charge on any atom is -0.355 e. The molecule has 1 heterocycles. The van der Waals surface area contributed by atoms with Crippen molar-refractivity contribution in [3.63, 3.8) is 0 Å². The molecule has 0 aliphatic heterocycles. The molecule has 1 aromatic heterocycles. The fourth-order valence-corrected chi connectivity index (χ4v) is 2.79. The van der Waals surface area contributed by atoms with Gasteiger partial charge in [-0.2, -0.15) is 0 Å². The summed E-state index contributed by atoms with van der Waals surface area (Å²) in [6, 6.07) is 5.65. The Morgan fingerprint density at radius 1 is 1.24 bits per heavy atom. The molecule has 0 bridgehead atoms. The molecule has 0 fully saturated rings. The molecular weight excluding hydrogens is 295 g/mol. The van der Waals surface area contributed by atoms with E-state index in [1.165, 1.54) is 37.6 Å². The zero-order valence-electron chi connectivity index (χ0n) is 11.6. The minimum absolute atomic E-state index is 0.0340. The maximum atomic E-state index is 13.7. The van der Waals surface area contributed by atoms with E-state index < -0.39 is 15.8 Å². The number of aromatic nitrogens is 2. The first-order valence-electron chi connectivity index (χ1n) is 6.26. The second kappa shape index (κ2) is 6.04. The number of para-hydroxylation sites is 1. The molecule has 0 radical (unpaired) electrons. The highest BCUT2D eigenvalue weighted by molar-refractivity contribution is 7.92. The lowest BCUT2D eigenvalue weighted by Crippen LogP contribution is -2.27. The molecule has 2 aromatic rings. The zero-order chi connectivity index (χ0) is 15.5. The average Bonchev–Trinajstić information content (AvgIpc) is 2.48. The van der Waals surface area contributed by atoms with E-state index in [0.29, 0.717) is 12.5 Å².